The molecule has 102 valence electrons. The fraction of sp³-hybridized carbons (Fsp3) is 0.455. The molecule has 0 bridgehead atoms. The minimum Gasteiger partial charge on any atom is -0.506 e. The maximum absolute atomic E-state index is 12.0. The average molecular weight is 274 g/mol. The van der Waals surface area contributed by atoms with Crippen LogP contribution in [0.25, 0.3) is 0 Å². The predicted octanol–water partition coefficient (Wildman–Crippen LogP) is 0.678. The van der Waals surface area contributed by atoms with Crippen molar-refractivity contribution in [3.8, 4) is 5.75 Å². The number of anilines is 1. The summed E-state index contributed by atoms with van der Waals surface area (Å²) < 4.78 is 31.5. The molecule has 0 atom stereocenters. The summed E-state index contributed by atoms with van der Waals surface area (Å²) in [5, 5.41) is 9.25. The lowest BCUT2D eigenvalue weighted by Crippen LogP contribution is -2.39. The Morgan fingerprint density at radius 3 is 2.56 bits per heavy atom. The first kappa shape index (κ1) is 14.7. The van der Waals surface area contributed by atoms with E-state index in [1.54, 1.807) is 13.8 Å². The van der Waals surface area contributed by atoms with Gasteiger partial charge in [-0.3, -0.25) is 0 Å². The monoisotopic (exact) mass is 274 g/mol. The number of rotatable bonds is 5. The Morgan fingerprint density at radius 2 is 2.06 bits per heavy atom. The molecule has 18 heavy (non-hydrogen) atoms. The van der Waals surface area contributed by atoms with Gasteiger partial charge in [0.15, 0.2) is 0 Å². The molecule has 1 rings (SSSR count). The van der Waals surface area contributed by atoms with Crippen molar-refractivity contribution in [2.45, 2.75) is 24.3 Å². The number of methoxy groups -OCH3 is 1. The van der Waals surface area contributed by atoms with E-state index < -0.39 is 15.6 Å². The highest BCUT2D eigenvalue weighted by Gasteiger charge is 2.22. The van der Waals surface area contributed by atoms with Crippen molar-refractivity contribution in [2.24, 2.45) is 0 Å². The van der Waals surface area contributed by atoms with Crippen LogP contribution in [0.1, 0.15) is 13.8 Å². The van der Waals surface area contributed by atoms with Crippen LogP contribution in [-0.2, 0) is 14.8 Å². The normalized spacial score (nSPS) is 12.6. The Kier molecular flexibility index (Phi) is 4.20. The van der Waals surface area contributed by atoms with E-state index in [1.165, 1.54) is 25.3 Å². The molecule has 0 aliphatic carbocycles. The van der Waals surface area contributed by atoms with E-state index >= 15 is 0 Å². The number of hydrogen-bond acceptors (Lipinski definition) is 5. The van der Waals surface area contributed by atoms with Crippen LogP contribution in [-0.4, -0.2) is 32.8 Å². The van der Waals surface area contributed by atoms with Crippen molar-refractivity contribution in [2.75, 3.05) is 19.4 Å². The molecule has 1 aromatic carbocycles. The summed E-state index contributed by atoms with van der Waals surface area (Å²) >= 11 is 0. The molecule has 0 aliphatic rings. The van der Waals surface area contributed by atoms with E-state index in [-0.39, 0.29) is 22.9 Å². The Morgan fingerprint density at radius 1 is 1.44 bits per heavy atom. The second-order valence-electron chi connectivity index (χ2n) is 4.51. The van der Waals surface area contributed by atoms with Gasteiger partial charge in [0, 0.05) is 13.7 Å². The third-order valence-electron chi connectivity index (χ3n) is 2.55. The molecule has 0 fully saturated rings. The lowest BCUT2D eigenvalue weighted by atomic mass is 10.1. The van der Waals surface area contributed by atoms with Gasteiger partial charge in [0.2, 0.25) is 10.0 Å². The molecule has 0 radical (unpaired) electrons. The molecule has 0 unspecified atom stereocenters. The number of nitrogen functional groups attached to an aromatic ring is 1. The van der Waals surface area contributed by atoms with Gasteiger partial charge in [-0.1, -0.05) is 0 Å². The zero-order valence-corrected chi connectivity index (χ0v) is 11.4. The Hall–Kier alpha value is -1.31. The number of phenolic OH excluding ortho intramolecular Hbond substituents is 1. The van der Waals surface area contributed by atoms with Crippen molar-refractivity contribution in [1.82, 2.24) is 4.72 Å². The number of nitrogens with two attached hydrogens (primary N) is 1. The fourth-order valence-electron chi connectivity index (χ4n) is 1.12. The van der Waals surface area contributed by atoms with Gasteiger partial charge in [-0.2, -0.15) is 0 Å². The third kappa shape index (κ3) is 3.59. The van der Waals surface area contributed by atoms with Crippen molar-refractivity contribution >= 4 is 15.7 Å². The second-order valence-corrected chi connectivity index (χ2v) is 6.28. The molecule has 0 saturated carbocycles. The maximum atomic E-state index is 12.0. The van der Waals surface area contributed by atoms with E-state index in [0.29, 0.717) is 0 Å². The van der Waals surface area contributed by atoms with Gasteiger partial charge in [0.1, 0.15) is 5.75 Å². The van der Waals surface area contributed by atoms with Gasteiger partial charge in [0.25, 0.3) is 0 Å². The molecule has 0 heterocycles. The molecule has 7 heteroatoms. The van der Waals surface area contributed by atoms with Crippen LogP contribution < -0.4 is 10.5 Å². The lowest BCUT2D eigenvalue weighted by Gasteiger charge is -2.23. The molecular weight excluding hydrogens is 256 g/mol. The van der Waals surface area contributed by atoms with Gasteiger partial charge in [-0.05, 0) is 32.0 Å². The summed E-state index contributed by atoms with van der Waals surface area (Å²) in [6, 6.07) is 3.73. The van der Waals surface area contributed by atoms with E-state index in [0.717, 1.165) is 0 Å². The topological polar surface area (TPSA) is 102 Å². The number of aromatic hydroxyl groups is 1. The first-order valence-corrected chi connectivity index (χ1v) is 6.79. The Bertz CT molecular complexity index is 526. The zero-order chi connectivity index (χ0) is 14.0. The first-order chi connectivity index (χ1) is 8.18. The molecule has 0 amide bonds. The van der Waals surface area contributed by atoms with Gasteiger partial charge >= 0.3 is 0 Å². The van der Waals surface area contributed by atoms with E-state index in [4.69, 9.17) is 10.5 Å². The lowest BCUT2D eigenvalue weighted by molar-refractivity contribution is 0.0276. The molecule has 1 aromatic rings. The van der Waals surface area contributed by atoms with E-state index in [2.05, 4.69) is 4.72 Å². The number of ether oxygens (including phenoxy) is 1. The zero-order valence-electron chi connectivity index (χ0n) is 10.6. The second kappa shape index (κ2) is 5.13. The van der Waals surface area contributed by atoms with Crippen molar-refractivity contribution < 1.29 is 18.3 Å². The number of nitrogens with one attached hydrogen (secondary N) is 1. The first-order valence-electron chi connectivity index (χ1n) is 5.31. The Labute approximate surface area is 107 Å². The quantitative estimate of drug-likeness (QED) is 0.541. The van der Waals surface area contributed by atoms with Crippen molar-refractivity contribution in [1.29, 1.82) is 0 Å². The largest absolute Gasteiger partial charge is 0.506 e. The number of phenols is 1. The standard InChI is InChI=1S/C11H18N2O4S/c1-11(2,17-3)7-13-18(15,16)8-4-5-10(14)9(12)6-8/h4-6,13-14H,7,12H2,1-3H3. The summed E-state index contributed by atoms with van der Waals surface area (Å²) in [6.45, 7) is 3.66. The summed E-state index contributed by atoms with van der Waals surface area (Å²) in [6.07, 6.45) is 0. The van der Waals surface area contributed by atoms with Crippen LogP contribution >= 0.6 is 0 Å². The summed E-state index contributed by atoms with van der Waals surface area (Å²) in [4.78, 5) is 0.00435. The third-order valence-corrected chi connectivity index (χ3v) is 3.95. The molecule has 0 aromatic heterocycles. The van der Waals surface area contributed by atoms with E-state index in [1.807, 2.05) is 0 Å². The molecule has 0 aliphatic heterocycles. The van der Waals surface area contributed by atoms with Crippen LogP contribution in [0.2, 0.25) is 0 Å². The number of sulfonamides is 1. The van der Waals surface area contributed by atoms with Gasteiger partial charge in [0.05, 0.1) is 16.2 Å². The summed E-state index contributed by atoms with van der Waals surface area (Å²) in [7, 11) is -2.16. The van der Waals surface area contributed by atoms with Gasteiger partial charge in [-0.15, -0.1) is 0 Å². The predicted molar refractivity (Wildman–Crippen MR) is 68.8 cm³/mol. The van der Waals surface area contributed by atoms with E-state index in [9.17, 15) is 13.5 Å². The summed E-state index contributed by atoms with van der Waals surface area (Å²) in [5.74, 6) is -0.147. The minimum absolute atomic E-state index is 0.00435. The van der Waals surface area contributed by atoms with Crippen LogP contribution in [0.4, 0.5) is 5.69 Å². The Balaban J connectivity index is 2.90. The number of benzene rings is 1. The van der Waals surface area contributed by atoms with Crippen LogP contribution in [0, 0.1) is 0 Å². The van der Waals surface area contributed by atoms with Gasteiger partial charge < -0.3 is 15.6 Å². The van der Waals surface area contributed by atoms with Crippen LogP contribution in [0.3, 0.4) is 0 Å². The minimum atomic E-state index is -3.66. The highest BCUT2D eigenvalue weighted by molar-refractivity contribution is 7.89. The molecular formula is C11H18N2O4S. The maximum Gasteiger partial charge on any atom is 0.240 e. The van der Waals surface area contributed by atoms with Crippen molar-refractivity contribution in [3.05, 3.63) is 18.2 Å². The number of hydrogen-bond donors (Lipinski definition) is 3. The SMILES string of the molecule is COC(C)(C)CNS(=O)(=O)c1ccc(O)c(N)c1. The fourth-order valence-corrected chi connectivity index (χ4v) is 2.36. The van der Waals surface area contributed by atoms with Crippen LogP contribution in [0.5, 0.6) is 5.75 Å². The summed E-state index contributed by atoms with van der Waals surface area (Å²) in [5.41, 5.74) is 4.87. The molecule has 6 nitrogen and oxygen atoms in total. The molecule has 0 spiro atoms. The van der Waals surface area contributed by atoms with Crippen molar-refractivity contribution in [3.63, 3.8) is 0 Å². The van der Waals surface area contributed by atoms with Crippen LogP contribution in [0.15, 0.2) is 23.1 Å². The van der Waals surface area contributed by atoms with Gasteiger partial charge in [-0.25, -0.2) is 13.1 Å². The smallest absolute Gasteiger partial charge is 0.240 e. The highest BCUT2D eigenvalue weighted by Crippen LogP contribution is 2.23. The molecule has 0 saturated heterocycles. The molecule has 4 N–H and O–H groups in total. The highest BCUT2D eigenvalue weighted by atomic mass is 32.2. The average Bonchev–Trinajstić information content (AvgIpc) is 2.30.